The van der Waals surface area contributed by atoms with E-state index in [0.29, 0.717) is 30.2 Å². The summed E-state index contributed by atoms with van der Waals surface area (Å²) in [6.07, 6.45) is 15.0. The highest BCUT2D eigenvalue weighted by Gasteiger charge is 2.13. The molecule has 0 aliphatic carbocycles. The van der Waals surface area contributed by atoms with Gasteiger partial charge in [-0.3, -0.25) is 4.79 Å². The van der Waals surface area contributed by atoms with Gasteiger partial charge < -0.3 is 38.8 Å². The fourth-order valence-electron chi connectivity index (χ4n) is 3.71. The van der Waals surface area contributed by atoms with Crippen molar-refractivity contribution in [3.05, 3.63) is 53.9 Å². The summed E-state index contributed by atoms with van der Waals surface area (Å²) in [6.45, 7) is 3.40. The van der Waals surface area contributed by atoms with Crippen LogP contribution >= 0.6 is 0 Å². The minimum Gasteiger partial charge on any atom is -1.00 e. The molecule has 0 fully saturated rings. The fourth-order valence-corrected chi connectivity index (χ4v) is 3.71. The van der Waals surface area contributed by atoms with E-state index in [-0.39, 0.29) is 29.9 Å². The monoisotopic (exact) mass is 568 g/mol. The van der Waals surface area contributed by atoms with Crippen molar-refractivity contribution < 1.29 is 42.8 Å². The number of benzene rings is 1. The molecule has 0 saturated heterocycles. The van der Waals surface area contributed by atoms with Gasteiger partial charge in [0, 0.05) is 17.7 Å². The maximum absolute atomic E-state index is 12.6. The largest absolute Gasteiger partial charge is 1.00 e. The van der Waals surface area contributed by atoms with Gasteiger partial charge in [-0.2, -0.15) is 0 Å². The van der Waals surface area contributed by atoms with E-state index in [9.17, 15) is 4.79 Å². The topological polar surface area (TPSA) is 51.4 Å². The molecule has 0 radical (unpaired) electrons. The molecule has 0 aliphatic rings. The van der Waals surface area contributed by atoms with E-state index in [1.165, 1.54) is 57.8 Å². The summed E-state index contributed by atoms with van der Waals surface area (Å²) in [5.41, 5.74) is 1.59. The second kappa shape index (κ2) is 17.6. The van der Waals surface area contributed by atoms with Crippen LogP contribution in [0.5, 0.6) is 11.5 Å². The van der Waals surface area contributed by atoms with E-state index in [0.717, 1.165) is 12.1 Å². The Bertz CT molecular complexity index is 814. The summed E-state index contributed by atoms with van der Waals surface area (Å²) >= 11 is 0. The van der Waals surface area contributed by atoms with Crippen molar-refractivity contribution in [2.24, 2.45) is 7.05 Å². The number of aromatic nitrogens is 1. The van der Waals surface area contributed by atoms with Gasteiger partial charge in [-0.15, -0.1) is 0 Å². The lowest BCUT2D eigenvalue weighted by atomic mass is 10.1. The highest BCUT2D eigenvalue weighted by molar-refractivity contribution is 5.94. The molecule has 1 amide bonds. The Labute approximate surface area is 217 Å². The van der Waals surface area contributed by atoms with Gasteiger partial charge in [0.15, 0.2) is 23.4 Å². The number of ether oxygens (including phenoxy) is 2. The number of hydrogen-bond acceptors (Lipinski definition) is 3. The molecule has 6 heteroatoms. The number of carbonyl (C=O) groups excluding carboxylic acids is 1. The summed E-state index contributed by atoms with van der Waals surface area (Å²) in [5, 5.41) is 2.96. The zero-order valence-corrected chi connectivity index (χ0v) is 22.7. The maximum Gasteiger partial charge on any atom is 0.251 e. The van der Waals surface area contributed by atoms with Crippen LogP contribution in [0, 0.1) is 0 Å². The Hall–Kier alpha value is -1.83. The van der Waals surface area contributed by atoms with Crippen LogP contribution in [0.15, 0.2) is 42.6 Å². The molecule has 1 aromatic heterocycles. The Morgan fingerprint density at radius 3 is 2.21 bits per heavy atom. The molecule has 0 atom stereocenters. The summed E-state index contributed by atoms with van der Waals surface area (Å²) < 4.78 is 13.4. The van der Waals surface area contributed by atoms with Crippen LogP contribution in [0.4, 0.5) is 0 Å². The highest BCUT2D eigenvalue weighted by atomic mass is 127. The Kier molecular flexibility index (Phi) is 15.6. The van der Waals surface area contributed by atoms with Crippen LogP contribution in [-0.4, -0.2) is 19.6 Å². The molecule has 1 N–H and O–H groups in total. The predicted octanol–water partition coefficient (Wildman–Crippen LogP) is 2.75. The first-order chi connectivity index (χ1) is 15.7. The van der Waals surface area contributed by atoms with Crippen LogP contribution in [0.2, 0.25) is 0 Å². The van der Waals surface area contributed by atoms with Crippen molar-refractivity contribution in [1.82, 2.24) is 5.32 Å². The second-order valence-electron chi connectivity index (χ2n) is 8.38. The van der Waals surface area contributed by atoms with Gasteiger partial charge in [0.1, 0.15) is 13.6 Å². The number of carbonyl (C=O) groups is 1. The molecule has 0 aliphatic heterocycles. The van der Waals surface area contributed by atoms with Gasteiger partial charge in [0.25, 0.3) is 5.91 Å². The molecule has 33 heavy (non-hydrogen) atoms. The normalized spacial score (nSPS) is 10.4. The summed E-state index contributed by atoms with van der Waals surface area (Å²) in [7, 11) is 3.57. The zero-order valence-electron chi connectivity index (χ0n) is 20.6. The number of amides is 1. The van der Waals surface area contributed by atoms with Gasteiger partial charge in [-0.1, -0.05) is 70.8 Å². The quantitative estimate of drug-likeness (QED) is 0.193. The number of nitrogens with zero attached hydrogens (tertiary/aromatic N) is 1. The first-order valence-corrected chi connectivity index (χ1v) is 12.2. The summed E-state index contributed by atoms with van der Waals surface area (Å²) in [5.74, 6) is 1.15. The zero-order chi connectivity index (χ0) is 23.0. The molecule has 0 unspecified atom stereocenters. The molecular formula is C27H41IN2O3. The molecule has 1 heterocycles. The average Bonchev–Trinajstić information content (AvgIpc) is 2.81. The van der Waals surface area contributed by atoms with E-state index in [1.807, 2.05) is 42.1 Å². The second-order valence-corrected chi connectivity index (χ2v) is 8.38. The Morgan fingerprint density at radius 1 is 0.909 bits per heavy atom. The lowest BCUT2D eigenvalue weighted by Crippen LogP contribution is -3.00. The molecule has 2 aromatic rings. The van der Waals surface area contributed by atoms with Crippen LogP contribution in [0.1, 0.15) is 87.2 Å². The SMILES string of the molecule is CCCCCCCCCCCCOc1ccc(C(=O)NCc2cccc[n+]2C)cc1OC.[I-]. The third-order valence-electron chi connectivity index (χ3n) is 5.77. The smallest absolute Gasteiger partial charge is 0.251 e. The van der Waals surface area contributed by atoms with Crippen molar-refractivity contribution in [3.63, 3.8) is 0 Å². The van der Waals surface area contributed by atoms with E-state index in [2.05, 4.69) is 12.2 Å². The first kappa shape index (κ1) is 29.2. The molecule has 0 spiro atoms. The number of methoxy groups -OCH3 is 1. The number of unbranched alkanes of at least 4 members (excludes halogenated alkanes) is 9. The predicted molar refractivity (Wildman–Crippen MR) is 129 cm³/mol. The van der Waals surface area contributed by atoms with Crippen molar-refractivity contribution in [2.75, 3.05) is 13.7 Å². The molecule has 5 nitrogen and oxygen atoms in total. The minimum absolute atomic E-state index is 0. The van der Waals surface area contributed by atoms with Crippen LogP contribution in [0.3, 0.4) is 0 Å². The average molecular weight is 569 g/mol. The van der Waals surface area contributed by atoms with Crippen molar-refractivity contribution >= 4 is 5.91 Å². The number of rotatable bonds is 16. The highest BCUT2D eigenvalue weighted by Crippen LogP contribution is 2.28. The van der Waals surface area contributed by atoms with E-state index in [1.54, 1.807) is 19.2 Å². The molecule has 2 rings (SSSR count). The summed E-state index contributed by atoms with van der Waals surface area (Å²) in [4.78, 5) is 12.6. The fraction of sp³-hybridized carbons (Fsp3) is 0.556. The van der Waals surface area contributed by atoms with Crippen LogP contribution in [0.25, 0.3) is 0 Å². The van der Waals surface area contributed by atoms with E-state index in [4.69, 9.17) is 9.47 Å². The van der Waals surface area contributed by atoms with Crippen LogP contribution in [-0.2, 0) is 13.6 Å². The molecular weight excluding hydrogens is 527 g/mol. The van der Waals surface area contributed by atoms with Gasteiger partial charge >= 0.3 is 0 Å². The Morgan fingerprint density at radius 2 is 1.58 bits per heavy atom. The van der Waals surface area contributed by atoms with Crippen molar-refractivity contribution in [3.8, 4) is 11.5 Å². The molecule has 0 bridgehead atoms. The minimum atomic E-state index is -0.131. The van der Waals surface area contributed by atoms with Crippen molar-refractivity contribution in [1.29, 1.82) is 0 Å². The first-order valence-electron chi connectivity index (χ1n) is 12.2. The van der Waals surface area contributed by atoms with E-state index < -0.39 is 0 Å². The van der Waals surface area contributed by atoms with Gasteiger partial charge in [0.2, 0.25) is 0 Å². The molecule has 1 aromatic carbocycles. The lowest BCUT2D eigenvalue weighted by Gasteiger charge is -2.12. The van der Waals surface area contributed by atoms with Gasteiger partial charge in [-0.05, 0) is 24.6 Å². The number of hydrogen-bond donors (Lipinski definition) is 1. The maximum atomic E-state index is 12.6. The molecule has 0 saturated carbocycles. The van der Waals surface area contributed by atoms with Crippen LogP contribution < -0.4 is 43.3 Å². The lowest BCUT2D eigenvalue weighted by molar-refractivity contribution is -0.679. The van der Waals surface area contributed by atoms with Crippen molar-refractivity contribution in [2.45, 2.75) is 77.7 Å². The van der Waals surface area contributed by atoms with Gasteiger partial charge in [0.05, 0.1) is 13.7 Å². The third-order valence-corrected chi connectivity index (χ3v) is 5.77. The number of aryl methyl sites for hydroxylation is 1. The number of pyridine rings is 1. The summed E-state index contributed by atoms with van der Waals surface area (Å²) in [6, 6.07) is 11.3. The Balaban J connectivity index is 0.00000544. The standard InChI is InChI=1S/C27H40N2O3.HI/c1-4-5-6-7-8-9-10-11-12-15-20-32-25-18-17-23(21-26(25)31-3)27(30)28-22-24-16-13-14-19-29(24)2;/h13-14,16-19,21H,4-12,15,20,22H2,1-3H3;1H. The molecule has 184 valence electrons. The van der Waals surface area contributed by atoms with Gasteiger partial charge in [-0.25, -0.2) is 4.57 Å². The number of nitrogens with one attached hydrogen (secondary N) is 1. The third kappa shape index (κ3) is 11.2. The number of halogens is 1. The van der Waals surface area contributed by atoms with E-state index >= 15 is 0 Å².